The molecule has 6 unspecified atom stereocenters. The molecule has 0 saturated carbocycles. The van der Waals surface area contributed by atoms with E-state index >= 15 is 0 Å². The Hall–Kier alpha value is -4.88. The summed E-state index contributed by atoms with van der Waals surface area (Å²) in [7, 11) is 0. The molecule has 470 valence electrons. The number of hydrogen-bond acceptors (Lipinski definition) is 11. The van der Waals surface area contributed by atoms with Crippen LogP contribution in [-0.4, -0.2) is 89.2 Å². The zero-order valence-corrected chi connectivity index (χ0v) is 51.9. The highest BCUT2D eigenvalue weighted by molar-refractivity contribution is 5.74. The van der Waals surface area contributed by atoms with Gasteiger partial charge >= 0.3 is 23.9 Å². The third kappa shape index (κ3) is 47.1. The van der Waals surface area contributed by atoms with E-state index in [1.54, 1.807) is 0 Å². The molecular weight excluding hydrogens is 1040 g/mol. The summed E-state index contributed by atoms with van der Waals surface area (Å²) in [6.45, 7) is 5.78. The number of aliphatic hydroxyl groups excluding tert-OH is 2. The number of allylic oxidation sites excluding steroid dienone is 20. The molecule has 3 N–H and O–H groups in total. The summed E-state index contributed by atoms with van der Waals surface area (Å²) in [6, 6.07) is 0. The van der Waals surface area contributed by atoms with Crippen LogP contribution < -0.4 is 0 Å². The van der Waals surface area contributed by atoms with Crippen molar-refractivity contribution in [1.29, 1.82) is 0 Å². The Kier molecular flexibility index (Phi) is 52.8. The molecule has 12 heteroatoms. The van der Waals surface area contributed by atoms with Crippen molar-refractivity contribution in [2.75, 3.05) is 13.2 Å². The minimum absolute atomic E-state index is 0.0322. The van der Waals surface area contributed by atoms with Crippen LogP contribution in [0.1, 0.15) is 252 Å². The van der Waals surface area contributed by atoms with Gasteiger partial charge in [0.25, 0.3) is 0 Å². The Balaban J connectivity index is 2.72. The van der Waals surface area contributed by atoms with Crippen molar-refractivity contribution in [2.24, 2.45) is 0 Å². The lowest BCUT2D eigenvalue weighted by Gasteiger charge is -2.40. The van der Waals surface area contributed by atoms with Crippen LogP contribution in [-0.2, 0) is 42.9 Å². The molecule has 1 rings (SSSR count). The van der Waals surface area contributed by atoms with Crippen LogP contribution in [0.3, 0.4) is 0 Å². The van der Waals surface area contributed by atoms with Gasteiger partial charge < -0.3 is 39.0 Å². The maximum atomic E-state index is 13.2. The number of carbonyl (C=O) groups is 4. The number of hydrogen-bond donors (Lipinski definition) is 3. The summed E-state index contributed by atoms with van der Waals surface area (Å²) in [4.78, 5) is 51.3. The lowest BCUT2D eigenvalue weighted by Crippen LogP contribution is -2.61. The van der Waals surface area contributed by atoms with E-state index in [1.807, 2.05) is 12.2 Å². The highest BCUT2D eigenvalue weighted by Gasteiger charge is 2.50. The summed E-state index contributed by atoms with van der Waals surface area (Å²) in [6.07, 6.45) is 67.3. The number of aliphatic carboxylic acids is 1. The number of aliphatic hydroxyl groups is 2. The molecule has 0 bridgehead atoms. The average molecular weight is 1160 g/mol. The van der Waals surface area contributed by atoms with E-state index < -0.39 is 67.3 Å². The van der Waals surface area contributed by atoms with Crippen LogP contribution in [0.2, 0.25) is 0 Å². The Morgan fingerprint density at radius 2 is 0.783 bits per heavy atom. The second-order valence-corrected chi connectivity index (χ2v) is 21.7. The van der Waals surface area contributed by atoms with Crippen LogP contribution in [0.15, 0.2) is 122 Å². The highest BCUT2D eigenvalue weighted by Crippen LogP contribution is 2.26. The SMILES string of the molecule is CC/C=C\C/C=C\C/C=C\C/C=C\C/C=C\C/C=C\CCC(=O)OCC(COC1OC(C(=O)O)C(O)C(O)C1OC(=O)CCCCCCCC/C=C\C/C=C\C/C=C\CCCCC)OC(=O)CCCCCCC/C=C\CCCCCCCC. The number of rotatable bonds is 54. The summed E-state index contributed by atoms with van der Waals surface area (Å²) >= 11 is 0. The molecule has 12 nitrogen and oxygen atoms in total. The van der Waals surface area contributed by atoms with E-state index in [-0.39, 0.29) is 25.9 Å². The maximum Gasteiger partial charge on any atom is 0.335 e. The van der Waals surface area contributed by atoms with Crippen molar-refractivity contribution < 1.29 is 58.2 Å². The summed E-state index contributed by atoms with van der Waals surface area (Å²) in [5, 5.41) is 31.6. The minimum atomic E-state index is -1.93. The predicted molar refractivity (Wildman–Crippen MR) is 340 cm³/mol. The van der Waals surface area contributed by atoms with Crippen molar-refractivity contribution in [1.82, 2.24) is 0 Å². The largest absolute Gasteiger partial charge is 0.479 e. The first kappa shape index (κ1) is 76.1. The molecule has 0 aliphatic carbocycles. The quantitative estimate of drug-likeness (QED) is 0.0228. The summed E-state index contributed by atoms with van der Waals surface area (Å²) < 4.78 is 28.4. The fourth-order valence-corrected chi connectivity index (χ4v) is 9.04. The van der Waals surface area contributed by atoms with Gasteiger partial charge in [0.05, 0.1) is 6.61 Å². The number of unbranched alkanes of at least 4 members (excludes halogenated alkanes) is 20. The molecule has 1 aliphatic heterocycles. The van der Waals surface area contributed by atoms with Gasteiger partial charge in [-0.15, -0.1) is 0 Å². The van der Waals surface area contributed by atoms with Crippen molar-refractivity contribution >= 4 is 23.9 Å². The van der Waals surface area contributed by atoms with Crippen molar-refractivity contribution in [3.63, 3.8) is 0 Å². The zero-order chi connectivity index (χ0) is 60.3. The second kappa shape index (κ2) is 57.5. The molecule has 0 radical (unpaired) electrons. The minimum Gasteiger partial charge on any atom is -0.479 e. The van der Waals surface area contributed by atoms with E-state index in [0.717, 1.165) is 135 Å². The molecule has 1 aliphatic rings. The van der Waals surface area contributed by atoms with Gasteiger partial charge in [0, 0.05) is 19.3 Å². The molecule has 1 fully saturated rings. The number of esters is 3. The molecular formula is C71H114O12. The fourth-order valence-electron chi connectivity index (χ4n) is 9.04. The second-order valence-electron chi connectivity index (χ2n) is 21.7. The van der Waals surface area contributed by atoms with Gasteiger partial charge in [-0.2, -0.15) is 0 Å². The first-order valence-electron chi connectivity index (χ1n) is 32.5. The smallest absolute Gasteiger partial charge is 0.335 e. The molecule has 0 amide bonds. The van der Waals surface area contributed by atoms with E-state index in [9.17, 15) is 34.5 Å². The van der Waals surface area contributed by atoms with Crippen molar-refractivity contribution in [2.45, 2.75) is 289 Å². The Bertz CT molecular complexity index is 1900. The van der Waals surface area contributed by atoms with Crippen LogP contribution in [0.5, 0.6) is 0 Å². The summed E-state index contributed by atoms with van der Waals surface area (Å²) in [5.41, 5.74) is 0. The van der Waals surface area contributed by atoms with Gasteiger partial charge in [0.15, 0.2) is 24.6 Å². The van der Waals surface area contributed by atoms with Crippen molar-refractivity contribution in [3.8, 4) is 0 Å². The monoisotopic (exact) mass is 1160 g/mol. The predicted octanol–water partition coefficient (Wildman–Crippen LogP) is 17.6. The lowest BCUT2D eigenvalue weighted by molar-refractivity contribution is -0.301. The van der Waals surface area contributed by atoms with Gasteiger partial charge in [-0.1, -0.05) is 232 Å². The summed E-state index contributed by atoms with van der Waals surface area (Å²) in [5.74, 6) is -3.27. The van der Waals surface area contributed by atoms with Crippen molar-refractivity contribution in [3.05, 3.63) is 122 Å². The van der Waals surface area contributed by atoms with Gasteiger partial charge in [0.1, 0.15) is 18.8 Å². The van der Waals surface area contributed by atoms with Crippen LogP contribution >= 0.6 is 0 Å². The average Bonchev–Trinajstić information content (AvgIpc) is 3.57. The molecule has 1 heterocycles. The number of ether oxygens (including phenoxy) is 5. The zero-order valence-electron chi connectivity index (χ0n) is 51.9. The van der Waals surface area contributed by atoms with E-state index in [1.165, 1.54) is 57.8 Å². The van der Waals surface area contributed by atoms with E-state index in [4.69, 9.17) is 23.7 Å². The normalized spacial score (nSPS) is 18.4. The molecule has 83 heavy (non-hydrogen) atoms. The van der Waals surface area contributed by atoms with E-state index in [0.29, 0.717) is 19.3 Å². The number of carbonyl (C=O) groups excluding carboxylic acids is 3. The third-order valence-electron chi connectivity index (χ3n) is 14.0. The van der Waals surface area contributed by atoms with Gasteiger partial charge in [-0.05, 0) is 122 Å². The molecule has 0 aromatic rings. The number of carboxylic acids is 1. The van der Waals surface area contributed by atoms with Gasteiger partial charge in [-0.25, -0.2) is 4.79 Å². The topological polar surface area (TPSA) is 175 Å². The van der Waals surface area contributed by atoms with Crippen LogP contribution in [0, 0.1) is 0 Å². The van der Waals surface area contributed by atoms with Gasteiger partial charge in [0.2, 0.25) is 0 Å². The van der Waals surface area contributed by atoms with E-state index in [2.05, 4.69) is 130 Å². The Labute approximate surface area is 503 Å². The highest BCUT2D eigenvalue weighted by atomic mass is 16.7. The molecule has 0 aromatic heterocycles. The Morgan fingerprint density at radius 1 is 0.410 bits per heavy atom. The first-order chi connectivity index (χ1) is 40.6. The van der Waals surface area contributed by atoms with Crippen LogP contribution in [0.25, 0.3) is 0 Å². The lowest BCUT2D eigenvalue weighted by atomic mass is 9.98. The molecule has 1 saturated heterocycles. The van der Waals surface area contributed by atoms with Crippen LogP contribution in [0.4, 0.5) is 0 Å². The van der Waals surface area contributed by atoms with Gasteiger partial charge in [-0.3, -0.25) is 14.4 Å². The first-order valence-corrected chi connectivity index (χ1v) is 32.5. The molecule has 0 spiro atoms. The Morgan fingerprint density at radius 3 is 1.24 bits per heavy atom. The standard InChI is InChI=1S/C71H114O12/c1-4-7-10-13-16-19-22-25-28-30-32-34-37-39-42-45-48-51-54-57-63(72)79-60-62(81-64(73)58-55-52-49-46-43-40-36-27-24-21-18-15-12-9-6-3)61-80-71-69(67(76)66(75)68(83-71)70(77)78)82-65(74)59-56-53-50-47-44-41-38-35-33-31-29-26-23-20-17-14-11-8-5-2/h7,10,16-17,19-20,25-29,32-36,39,42,48,51,62,66-69,71,75-76H,4-6,8-9,11-15,18,21-24,30-31,37-38,40-41,43-47,49-50,52-61H2,1-3H3,(H,77,78)/b10-7-,19-16-,20-17-,28-25-,29-26-,34-32-,35-33-,36-27-,42-39-,51-48-. The molecule has 0 aromatic carbocycles. The molecule has 6 atom stereocenters. The third-order valence-corrected chi connectivity index (χ3v) is 14.0. The maximum absolute atomic E-state index is 13.2. The number of carboxylic acid groups (broad SMARTS) is 1. The fraction of sp³-hybridized carbons (Fsp3) is 0.662.